The largest absolute Gasteiger partial charge is 0.497 e. The normalized spacial score (nSPS) is 26.0. The minimum atomic E-state index is -0.0899. The van der Waals surface area contributed by atoms with Crippen LogP contribution in [0.4, 0.5) is 0 Å². The number of piperidine rings is 1. The van der Waals surface area contributed by atoms with Crippen LogP contribution in [0.1, 0.15) is 44.0 Å². The zero-order valence-electron chi connectivity index (χ0n) is 18.8. The minimum Gasteiger partial charge on any atom is -0.497 e. The molecule has 0 radical (unpaired) electrons. The Balaban J connectivity index is 1.50. The van der Waals surface area contributed by atoms with Gasteiger partial charge in [0.1, 0.15) is 5.75 Å². The molecule has 30 heavy (non-hydrogen) atoms. The van der Waals surface area contributed by atoms with E-state index in [1.165, 1.54) is 0 Å². The van der Waals surface area contributed by atoms with Crippen molar-refractivity contribution in [2.45, 2.75) is 39.2 Å². The van der Waals surface area contributed by atoms with Gasteiger partial charge in [-0.2, -0.15) is 0 Å². The number of fused-ring (bicyclic) bond motifs is 2. The molecule has 1 aromatic rings. The summed E-state index contributed by atoms with van der Waals surface area (Å²) < 4.78 is 5.27. The third-order valence-corrected chi connectivity index (χ3v) is 7.38. The zero-order chi connectivity index (χ0) is 21.5. The Morgan fingerprint density at radius 3 is 2.60 bits per heavy atom. The van der Waals surface area contributed by atoms with Gasteiger partial charge in [-0.3, -0.25) is 9.59 Å². The van der Waals surface area contributed by atoms with Crippen molar-refractivity contribution in [2.75, 3.05) is 46.4 Å². The molecule has 164 valence electrons. The lowest BCUT2D eigenvalue weighted by Crippen LogP contribution is -2.57. The van der Waals surface area contributed by atoms with E-state index in [9.17, 15) is 9.59 Å². The van der Waals surface area contributed by atoms with Crippen LogP contribution in [-0.2, 0) is 4.79 Å². The summed E-state index contributed by atoms with van der Waals surface area (Å²) in [6.07, 6.45) is 1.75. The molecule has 0 unspecified atom stereocenters. The van der Waals surface area contributed by atoms with E-state index in [0.29, 0.717) is 42.1 Å². The lowest BCUT2D eigenvalue weighted by molar-refractivity contribution is -0.135. The molecule has 2 amide bonds. The molecule has 6 nitrogen and oxygen atoms in total. The number of amides is 2. The molecule has 0 bridgehead atoms. The van der Waals surface area contributed by atoms with Gasteiger partial charge in [-0.15, -0.1) is 0 Å². The Morgan fingerprint density at radius 2 is 1.97 bits per heavy atom. The number of nitrogens with zero attached hydrogens (tertiary/aromatic N) is 3. The molecule has 1 spiro atoms. The van der Waals surface area contributed by atoms with E-state index in [1.54, 1.807) is 13.2 Å². The first-order valence-corrected chi connectivity index (χ1v) is 11.4. The summed E-state index contributed by atoms with van der Waals surface area (Å²) in [5.41, 5.74) is 0.579. The van der Waals surface area contributed by atoms with Crippen molar-refractivity contribution in [3.63, 3.8) is 0 Å². The fourth-order valence-corrected chi connectivity index (χ4v) is 6.11. The lowest BCUT2D eigenvalue weighted by Gasteiger charge is -2.48. The van der Waals surface area contributed by atoms with E-state index in [1.807, 2.05) is 23.1 Å². The van der Waals surface area contributed by atoms with Crippen LogP contribution in [0.15, 0.2) is 24.3 Å². The van der Waals surface area contributed by atoms with Gasteiger partial charge in [0, 0.05) is 50.7 Å². The van der Waals surface area contributed by atoms with Gasteiger partial charge in [0.2, 0.25) is 5.91 Å². The summed E-state index contributed by atoms with van der Waals surface area (Å²) in [6.45, 7) is 11.7. The average molecular weight is 414 g/mol. The van der Waals surface area contributed by atoms with Crippen LogP contribution in [0.3, 0.4) is 0 Å². The van der Waals surface area contributed by atoms with Crippen LogP contribution in [0.25, 0.3) is 0 Å². The van der Waals surface area contributed by atoms with Crippen molar-refractivity contribution in [2.24, 2.45) is 17.8 Å². The first kappa shape index (κ1) is 21.2. The van der Waals surface area contributed by atoms with Crippen LogP contribution >= 0.6 is 0 Å². The molecule has 3 aliphatic heterocycles. The summed E-state index contributed by atoms with van der Waals surface area (Å²) in [6, 6.07) is 7.37. The zero-order valence-corrected chi connectivity index (χ0v) is 18.8. The molecule has 4 rings (SSSR count). The van der Waals surface area contributed by atoms with Gasteiger partial charge in [0.05, 0.1) is 18.6 Å². The number of methoxy groups -OCH3 is 1. The van der Waals surface area contributed by atoms with Crippen molar-refractivity contribution < 1.29 is 14.3 Å². The van der Waals surface area contributed by atoms with Crippen LogP contribution in [0, 0.1) is 17.8 Å². The quantitative estimate of drug-likeness (QED) is 0.745. The van der Waals surface area contributed by atoms with Gasteiger partial charge < -0.3 is 19.4 Å². The molecule has 3 heterocycles. The van der Waals surface area contributed by atoms with Gasteiger partial charge >= 0.3 is 0 Å². The number of carbonyl (C=O) groups is 2. The highest BCUT2D eigenvalue weighted by molar-refractivity contribution is 5.94. The number of carbonyl (C=O) groups excluding carboxylic acids is 2. The molecule has 0 saturated carbocycles. The highest BCUT2D eigenvalue weighted by Gasteiger charge is 2.61. The Hall–Kier alpha value is -2.08. The molecule has 0 aromatic heterocycles. The molecule has 3 fully saturated rings. The van der Waals surface area contributed by atoms with E-state index in [2.05, 4.69) is 30.6 Å². The predicted molar refractivity (Wildman–Crippen MR) is 117 cm³/mol. The number of hydrogen-bond donors (Lipinski definition) is 0. The van der Waals surface area contributed by atoms with Crippen LogP contribution in [0.5, 0.6) is 5.75 Å². The minimum absolute atomic E-state index is 0.0560. The summed E-state index contributed by atoms with van der Waals surface area (Å²) >= 11 is 0. The third-order valence-electron chi connectivity index (χ3n) is 7.38. The monoisotopic (exact) mass is 413 g/mol. The lowest BCUT2D eigenvalue weighted by atomic mass is 9.74. The molecule has 2 atom stereocenters. The highest BCUT2D eigenvalue weighted by Crippen LogP contribution is 2.49. The molecule has 1 aromatic carbocycles. The molecule has 0 aliphatic carbocycles. The smallest absolute Gasteiger partial charge is 0.253 e. The van der Waals surface area contributed by atoms with Crippen LogP contribution in [0.2, 0.25) is 0 Å². The maximum absolute atomic E-state index is 13.2. The van der Waals surface area contributed by atoms with Crippen molar-refractivity contribution in [3.8, 4) is 5.75 Å². The average Bonchev–Trinajstić information content (AvgIpc) is 3.25. The van der Waals surface area contributed by atoms with E-state index in [4.69, 9.17) is 4.74 Å². The number of benzene rings is 1. The van der Waals surface area contributed by atoms with Gasteiger partial charge in [0.25, 0.3) is 5.91 Å². The van der Waals surface area contributed by atoms with Crippen LogP contribution in [-0.4, -0.2) is 78.4 Å². The van der Waals surface area contributed by atoms with Crippen molar-refractivity contribution in [3.05, 3.63) is 29.8 Å². The summed E-state index contributed by atoms with van der Waals surface area (Å²) in [4.78, 5) is 32.9. The Bertz CT molecular complexity index is 801. The maximum atomic E-state index is 13.2. The second-order valence-electron chi connectivity index (χ2n) is 9.54. The fraction of sp³-hybridized carbons (Fsp3) is 0.667. The molecule has 3 saturated heterocycles. The predicted octanol–water partition coefficient (Wildman–Crippen LogP) is 2.74. The van der Waals surface area contributed by atoms with Gasteiger partial charge in [-0.05, 0) is 43.9 Å². The third kappa shape index (κ3) is 3.49. The number of rotatable bonds is 5. The van der Waals surface area contributed by atoms with E-state index < -0.39 is 0 Å². The Labute approximate surface area is 180 Å². The summed E-state index contributed by atoms with van der Waals surface area (Å²) in [7, 11) is 1.62. The molecule has 0 N–H and O–H groups in total. The maximum Gasteiger partial charge on any atom is 0.253 e. The second kappa shape index (κ2) is 8.22. The first-order chi connectivity index (χ1) is 14.4. The van der Waals surface area contributed by atoms with Gasteiger partial charge in [0.15, 0.2) is 0 Å². The molecule has 3 aliphatic rings. The van der Waals surface area contributed by atoms with Crippen molar-refractivity contribution >= 4 is 11.8 Å². The van der Waals surface area contributed by atoms with Crippen LogP contribution < -0.4 is 4.74 Å². The SMILES string of the molecule is CCN1C(=O)[C@H]2CN(CC(C)C)C[C@H]2C12CCN(C(=O)c1cccc(OC)c1)CC2. The number of likely N-dealkylation sites (tertiary alicyclic amines) is 3. The molecule has 6 heteroatoms. The number of ether oxygens (including phenoxy) is 1. The molecular weight excluding hydrogens is 378 g/mol. The first-order valence-electron chi connectivity index (χ1n) is 11.4. The van der Waals surface area contributed by atoms with Crippen molar-refractivity contribution in [1.82, 2.24) is 14.7 Å². The fourth-order valence-electron chi connectivity index (χ4n) is 6.11. The highest BCUT2D eigenvalue weighted by atomic mass is 16.5. The summed E-state index contributed by atoms with van der Waals surface area (Å²) in [5.74, 6) is 2.22. The van der Waals surface area contributed by atoms with Gasteiger partial charge in [-0.25, -0.2) is 0 Å². The topological polar surface area (TPSA) is 53.1 Å². The Morgan fingerprint density at radius 1 is 1.23 bits per heavy atom. The molecular formula is C24H35N3O3. The number of hydrogen-bond acceptors (Lipinski definition) is 4. The van der Waals surface area contributed by atoms with Crippen molar-refractivity contribution in [1.29, 1.82) is 0 Å². The standard InChI is InChI=1S/C24H35N3O3/c1-5-27-23(29)20-15-25(14-17(2)3)16-21(20)24(27)9-11-26(12-10-24)22(28)18-7-6-8-19(13-18)30-4/h6-8,13,17,20-21H,5,9-12,14-16H2,1-4H3/t20-,21+/m0/s1. The van der Waals surface area contributed by atoms with E-state index in [0.717, 1.165) is 39.0 Å². The van der Waals surface area contributed by atoms with E-state index >= 15 is 0 Å². The van der Waals surface area contributed by atoms with Gasteiger partial charge in [-0.1, -0.05) is 19.9 Å². The Kier molecular flexibility index (Phi) is 5.80. The summed E-state index contributed by atoms with van der Waals surface area (Å²) in [5, 5.41) is 0. The second-order valence-corrected chi connectivity index (χ2v) is 9.54. The van der Waals surface area contributed by atoms with E-state index in [-0.39, 0.29) is 17.4 Å².